The minimum absolute atomic E-state index is 0.0858. The minimum atomic E-state index is -0.396. The van der Waals surface area contributed by atoms with Crippen molar-refractivity contribution in [3.63, 3.8) is 0 Å². The van der Waals surface area contributed by atoms with E-state index in [1.54, 1.807) is 24.8 Å². The van der Waals surface area contributed by atoms with Crippen LogP contribution in [-0.4, -0.2) is 71.3 Å². The van der Waals surface area contributed by atoms with Crippen molar-refractivity contribution in [2.24, 2.45) is 0 Å². The molecule has 8 nitrogen and oxygen atoms in total. The van der Waals surface area contributed by atoms with Crippen LogP contribution in [0, 0.1) is 0 Å². The molecular weight excluding hydrogens is 398 g/mol. The van der Waals surface area contributed by atoms with E-state index in [1.165, 1.54) is 17.0 Å². The maximum atomic E-state index is 12.6. The second kappa shape index (κ2) is 8.82. The van der Waals surface area contributed by atoms with Gasteiger partial charge in [0, 0.05) is 30.7 Å². The quantitative estimate of drug-likeness (QED) is 0.581. The van der Waals surface area contributed by atoms with Crippen molar-refractivity contribution in [3.8, 4) is 0 Å². The summed E-state index contributed by atoms with van der Waals surface area (Å²) in [6.07, 6.45) is 0.808. The number of halogens is 1. The van der Waals surface area contributed by atoms with Crippen LogP contribution in [0.5, 0.6) is 0 Å². The van der Waals surface area contributed by atoms with Gasteiger partial charge in [-0.25, -0.2) is 4.79 Å². The van der Waals surface area contributed by atoms with Crippen LogP contribution < -0.4 is 5.32 Å². The molecule has 0 unspecified atom stereocenters. The van der Waals surface area contributed by atoms with Crippen molar-refractivity contribution >= 4 is 35.4 Å². The maximum absolute atomic E-state index is 12.6. The minimum Gasteiger partial charge on any atom is -0.448 e. The van der Waals surface area contributed by atoms with Crippen molar-refractivity contribution in [3.05, 3.63) is 34.9 Å². The van der Waals surface area contributed by atoms with Gasteiger partial charge in [0.05, 0.1) is 17.0 Å². The smallest absolute Gasteiger partial charge is 0.409 e. The van der Waals surface area contributed by atoms with Crippen molar-refractivity contribution in [2.75, 3.05) is 25.6 Å². The first-order valence-electron chi connectivity index (χ1n) is 9.64. The predicted octanol–water partition coefficient (Wildman–Crippen LogP) is 2.26. The summed E-state index contributed by atoms with van der Waals surface area (Å²) < 4.78 is 5.01. The third-order valence-corrected chi connectivity index (χ3v) is 5.24. The molecule has 4 amide bonds. The number of imide groups is 1. The lowest BCUT2D eigenvalue weighted by molar-refractivity contribution is 0.0608. The predicted molar refractivity (Wildman–Crippen MR) is 106 cm³/mol. The molecule has 0 radical (unpaired) electrons. The Morgan fingerprint density at radius 2 is 1.83 bits per heavy atom. The molecule has 2 aliphatic heterocycles. The molecule has 2 aliphatic rings. The summed E-state index contributed by atoms with van der Waals surface area (Å²) in [5, 5.41) is 2.94. The average Bonchev–Trinajstić information content (AvgIpc) is 2.96. The Balaban J connectivity index is 1.60. The molecule has 0 aliphatic carbocycles. The average molecular weight is 422 g/mol. The van der Waals surface area contributed by atoms with Crippen molar-refractivity contribution in [2.45, 2.75) is 38.8 Å². The fourth-order valence-corrected chi connectivity index (χ4v) is 3.64. The van der Waals surface area contributed by atoms with E-state index in [4.69, 9.17) is 16.3 Å². The van der Waals surface area contributed by atoms with E-state index >= 15 is 0 Å². The molecule has 9 heteroatoms. The number of nitrogens with zero attached hydrogens (tertiary/aromatic N) is 2. The molecule has 1 aromatic carbocycles. The zero-order valence-electron chi connectivity index (χ0n) is 16.4. The van der Waals surface area contributed by atoms with Gasteiger partial charge in [-0.1, -0.05) is 0 Å². The van der Waals surface area contributed by atoms with Crippen LogP contribution in [0.25, 0.3) is 0 Å². The van der Waals surface area contributed by atoms with E-state index in [0.29, 0.717) is 37.1 Å². The number of ether oxygens (including phenoxy) is 1. The Hall–Kier alpha value is -2.61. The molecule has 0 spiro atoms. The highest BCUT2D eigenvalue weighted by Gasteiger charge is 2.37. The van der Waals surface area contributed by atoms with Crippen LogP contribution in [0.3, 0.4) is 0 Å². The molecular formula is C20H24ClN3O5. The van der Waals surface area contributed by atoms with Gasteiger partial charge in [-0.05, 0) is 44.9 Å². The lowest BCUT2D eigenvalue weighted by Gasteiger charge is -2.31. The highest BCUT2D eigenvalue weighted by molar-refractivity contribution is 6.22. The number of hydrogen-bond acceptors (Lipinski definition) is 5. The Kier molecular flexibility index (Phi) is 6.42. The van der Waals surface area contributed by atoms with Crippen LogP contribution in [-0.2, 0) is 4.74 Å². The number of carbonyl (C=O) groups excluding carboxylic acids is 4. The first kappa shape index (κ1) is 21.1. The SMILES string of the molecule is CC(C)N1C(=O)c2ccc(C(=O)NC3CCN(C(=O)OCCCl)CC3)cc2C1=O. The highest BCUT2D eigenvalue weighted by Crippen LogP contribution is 2.26. The van der Waals surface area contributed by atoms with E-state index in [9.17, 15) is 19.2 Å². The van der Waals surface area contributed by atoms with Gasteiger partial charge in [-0.2, -0.15) is 0 Å². The zero-order chi connectivity index (χ0) is 21.1. The second-order valence-corrected chi connectivity index (χ2v) is 7.75. The fraction of sp³-hybridized carbons (Fsp3) is 0.500. The largest absolute Gasteiger partial charge is 0.448 e. The third kappa shape index (κ3) is 4.37. The molecule has 2 heterocycles. The fourth-order valence-electron chi connectivity index (χ4n) is 3.56. The van der Waals surface area contributed by atoms with Gasteiger partial charge in [-0.15, -0.1) is 11.6 Å². The van der Waals surface area contributed by atoms with Crippen LogP contribution in [0.1, 0.15) is 57.8 Å². The Morgan fingerprint density at radius 1 is 1.17 bits per heavy atom. The number of nitrogens with one attached hydrogen (secondary N) is 1. The van der Waals surface area contributed by atoms with Crippen LogP contribution in [0.15, 0.2) is 18.2 Å². The molecule has 0 saturated carbocycles. The first-order chi connectivity index (χ1) is 13.8. The Bertz CT molecular complexity index is 833. The van der Waals surface area contributed by atoms with E-state index < -0.39 is 6.09 Å². The van der Waals surface area contributed by atoms with Gasteiger partial charge in [-0.3, -0.25) is 19.3 Å². The Labute approximate surface area is 174 Å². The van der Waals surface area contributed by atoms with E-state index in [1.807, 2.05) is 0 Å². The van der Waals surface area contributed by atoms with Crippen LogP contribution in [0.4, 0.5) is 4.79 Å². The molecule has 0 bridgehead atoms. The number of alkyl halides is 1. The second-order valence-electron chi connectivity index (χ2n) is 7.37. The number of piperidine rings is 1. The maximum Gasteiger partial charge on any atom is 0.409 e. The number of carbonyl (C=O) groups is 4. The monoisotopic (exact) mass is 421 g/mol. The standard InChI is InChI=1S/C20H24ClN3O5/c1-12(2)24-18(26)15-4-3-13(11-16(15)19(24)27)17(25)22-14-5-8-23(9-6-14)20(28)29-10-7-21/h3-4,11-12,14H,5-10H2,1-2H3,(H,22,25). The summed E-state index contributed by atoms with van der Waals surface area (Å²) in [7, 11) is 0. The van der Waals surface area contributed by atoms with Crippen molar-refractivity contribution in [1.82, 2.24) is 15.1 Å². The van der Waals surface area contributed by atoms with Gasteiger partial charge in [0.25, 0.3) is 17.7 Å². The first-order valence-corrected chi connectivity index (χ1v) is 10.2. The van der Waals surface area contributed by atoms with Gasteiger partial charge in [0.15, 0.2) is 0 Å². The third-order valence-electron chi connectivity index (χ3n) is 5.09. The highest BCUT2D eigenvalue weighted by atomic mass is 35.5. The molecule has 156 valence electrons. The van der Waals surface area contributed by atoms with Gasteiger partial charge >= 0.3 is 6.09 Å². The number of fused-ring (bicyclic) bond motifs is 1. The van der Waals surface area contributed by atoms with E-state index in [-0.39, 0.29) is 47.9 Å². The summed E-state index contributed by atoms with van der Waals surface area (Å²) in [5.41, 5.74) is 0.914. The topological polar surface area (TPSA) is 96.0 Å². The van der Waals surface area contributed by atoms with Crippen LogP contribution >= 0.6 is 11.6 Å². The number of benzene rings is 1. The molecule has 1 N–H and O–H groups in total. The van der Waals surface area contributed by atoms with E-state index in [0.717, 1.165) is 0 Å². The summed E-state index contributed by atoms with van der Waals surface area (Å²) in [6, 6.07) is 4.23. The summed E-state index contributed by atoms with van der Waals surface area (Å²) in [5.74, 6) is -0.764. The normalized spacial score (nSPS) is 17.0. The molecule has 3 rings (SSSR count). The number of likely N-dealkylation sites (tertiary alicyclic amines) is 1. The summed E-state index contributed by atoms with van der Waals surface area (Å²) in [6.45, 7) is 4.67. The van der Waals surface area contributed by atoms with Gasteiger partial charge < -0.3 is 15.0 Å². The summed E-state index contributed by atoms with van der Waals surface area (Å²) >= 11 is 5.51. The van der Waals surface area contributed by atoms with Gasteiger partial charge in [0.1, 0.15) is 6.61 Å². The van der Waals surface area contributed by atoms with E-state index in [2.05, 4.69) is 5.32 Å². The lowest BCUT2D eigenvalue weighted by Crippen LogP contribution is -2.46. The van der Waals surface area contributed by atoms with Crippen molar-refractivity contribution in [1.29, 1.82) is 0 Å². The number of hydrogen-bond donors (Lipinski definition) is 1. The number of amides is 4. The van der Waals surface area contributed by atoms with Gasteiger partial charge in [0.2, 0.25) is 0 Å². The summed E-state index contributed by atoms with van der Waals surface area (Å²) in [4.78, 5) is 52.1. The molecule has 1 aromatic rings. The Morgan fingerprint density at radius 3 is 2.45 bits per heavy atom. The van der Waals surface area contributed by atoms with Crippen molar-refractivity contribution < 1.29 is 23.9 Å². The molecule has 1 saturated heterocycles. The molecule has 0 aromatic heterocycles. The zero-order valence-corrected chi connectivity index (χ0v) is 17.2. The number of rotatable bonds is 5. The molecule has 29 heavy (non-hydrogen) atoms. The molecule has 1 fully saturated rings. The van der Waals surface area contributed by atoms with Crippen LogP contribution in [0.2, 0.25) is 0 Å². The lowest BCUT2D eigenvalue weighted by atomic mass is 10.0. The molecule has 0 atom stereocenters.